The highest BCUT2D eigenvalue weighted by atomic mass is 16.6. The number of nitrogens with zero attached hydrogens (tertiary/aromatic N) is 2. The molecule has 6 heteroatoms. The number of rotatable bonds is 5. The number of amides is 1. The van der Waals surface area contributed by atoms with Gasteiger partial charge in [0.1, 0.15) is 0 Å². The van der Waals surface area contributed by atoms with Crippen molar-refractivity contribution in [3.8, 4) is 0 Å². The fourth-order valence-electron chi connectivity index (χ4n) is 2.33. The molecular formula is C16H20N2O4. The van der Waals surface area contributed by atoms with Gasteiger partial charge in [-0.3, -0.25) is 15.0 Å². The zero-order valence-corrected chi connectivity index (χ0v) is 12.7. The van der Waals surface area contributed by atoms with Gasteiger partial charge in [-0.1, -0.05) is 25.5 Å². The lowest BCUT2D eigenvalue weighted by molar-refractivity contribution is -0.384. The molecule has 1 aromatic rings. The summed E-state index contributed by atoms with van der Waals surface area (Å²) in [6.45, 7) is 3.07. The Kier molecular flexibility index (Phi) is 5.52. The SMILES string of the molecule is CCCCOC(=O)N1C=C(c2cccc([N+](=O)[O-])c2)CCC1. The number of nitro groups is 1. The lowest BCUT2D eigenvalue weighted by Crippen LogP contribution is -2.30. The van der Waals surface area contributed by atoms with Crippen molar-refractivity contribution in [3.63, 3.8) is 0 Å². The highest BCUT2D eigenvalue weighted by Gasteiger charge is 2.19. The van der Waals surface area contributed by atoms with E-state index in [1.807, 2.05) is 13.0 Å². The monoisotopic (exact) mass is 304 g/mol. The lowest BCUT2D eigenvalue weighted by atomic mass is 9.99. The minimum atomic E-state index is -0.413. The van der Waals surface area contributed by atoms with Crippen LogP contribution < -0.4 is 0 Å². The number of carbonyl (C=O) groups is 1. The van der Waals surface area contributed by atoms with Gasteiger partial charge in [-0.2, -0.15) is 0 Å². The molecule has 1 aliphatic heterocycles. The van der Waals surface area contributed by atoms with Crippen molar-refractivity contribution in [2.45, 2.75) is 32.6 Å². The predicted octanol–water partition coefficient (Wildman–Crippen LogP) is 3.97. The van der Waals surface area contributed by atoms with Gasteiger partial charge < -0.3 is 4.74 Å². The summed E-state index contributed by atoms with van der Waals surface area (Å²) >= 11 is 0. The second-order valence-electron chi connectivity index (χ2n) is 5.23. The van der Waals surface area contributed by atoms with Crippen LogP contribution in [-0.2, 0) is 4.74 Å². The fourth-order valence-corrected chi connectivity index (χ4v) is 2.33. The molecule has 22 heavy (non-hydrogen) atoms. The molecule has 6 nitrogen and oxygen atoms in total. The van der Waals surface area contributed by atoms with Crippen LogP contribution in [0.1, 0.15) is 38.2 Å². The van der Waals surface area contributed by atoms with Gasteiger partial charge >= 0.3 is 6.09 Å². The van der Waals surface area contributed by atoms with Crippen molar-refractivity contribution in [2.75, 3.05) is 13.2 Å². The average Bonchev–Trinajstić information content (AvgIpc) is 2.55. The standard InChI is InChI=1S/C16H20N2O4/c1-2-3-10-22-16(19)17-9-5-7-14(12-17)13-6-4-8-15(11-13)18(20)21/h4,6,8,11-12H,2-3,5,7,9-10H2,1H3. The van der Waals surface area contributed by atoms with Crippen LogP contribution >= 0.6 is 0 Å². The van der Waals surface area contributed by atoms with E-state index in [0.717, 1.165) is 36.8 Å². The molecule has 0 bridgehead atoms. The molecule has 1 amide bonds. The Morgan fingerprint density at radius 1 is 1.45 bits per heavy atom. The number of carbonyl (C=O) groups excluding carboxylic acids is 1. The third kappa shape index (κ3) is 4.07. The predicted molar refractivity (Wildman–Crippen MR) is 83.3 cm³/mol. The second kappa shape index (κ2) is 7.59. The zero-order valence-electron chi connectivity index (χ0n) is 12.7. The topological polar surface area (TPSA) is 72.7 Å². The molecule has 1 aliphatic rings. The van der Waals surface area contributed by atoms with Gasteiger partial charge in [0.2, 0.25) is 0 Å². The van der Waals surface area contributed by atoms with E-state index < -0.39 is 4.92 Å². The van der Waals surface area contributed by atoms with Crippen LogP contribution in [0, 0.1) is 10.1 Å². The molecule has 118 valence electrons. The van der Waals surface area contributed by atoms with Crippen LogP contribution in [0.3, 0.4) is 0 Å². The van der Waals surface area contributed by atoms with E-state index in [4.69, 9.17) is 4.74 Å². The zero-order chi connectivity index (χ0) is 15.9. The van der Waals surface area contributed by atoms with Gasteiger partial charge in [0.15, 0.2) is 0 Å². The maximum Gasteiger partial charge on any atom is 0.413 e. The number of hydrogen-bond donors (Lipinski definition) is 0. The number of unbranched alkanes of at least 4 members (excludes halogenated alkanes) is 1. The van der Waals surface area contributed by atoms with Crippen molar-refractivity contribution in [1.29, 1.82) is 0 Å². The molecular weight excluding hydrogens is 284 g/mol. The van der Waals surface area contributed by atoms with Gasteiger partial charge in [-0.05, 0) is 30.4 Å². The fraction of sp³-hybridized carbons (Fsp3) is 0.438. The Morgan fingerprint density at radius 3 is 3.00 bits per heavy atom. The molecule has 0 spiro atoms. The molecule has 1 heterocycles. The summed E-state index contributed by atoms with van der Waals surface area (Å²) in [5, 5.41) is 10.9. The third-order valence-electron chi connectivity index (χ3n) is 3.54. The second-order valence-corrected chi connectivity index (χ2v) is 5.23. The molecule has 0 unspecified atom stereocenters. The summed E-state index contributed by atoms with van der Waals surface area (Å²) < 4.78 is 5.20. The summed E-state index contributed by atoms with van der Waals surface area (Å²) in [5.41, 5.74) is 1.75. The van der Waals surface area contributed by atoms with Crippen LogP contribution in [0.15, 0.2) is 30.5 Å². The Balaban J connectivity index is 2.12. The highest BCUT2D eigenvalue weighted by molar-refractivity contribution is 5.75. The van der Waals surface area contributed by atoms with Crippen LogP contribution in [0.4, 0.5) is 10.5 Å². The lowest BCUT2D eigenvalue weighted by Gasteiger charge is -2.24. The van der Waals surface area contributed by atoms with E-state index in [-0.39, 0.29) is 11.8 Å². The largest absolute Gasteiger partial charge is 0.449 e. The molecule has 1 aromatic carbocycles. The normalized spacial score (nSPS) is 14.4. The van der Waals surface area contributed by atoms with Crippen molar-refractivity contribution >= 4 is 17.4 Å². The van der Waals surface area contributed by atoms with Crippen LogP contribution in [-0.4, -0.2) is 29.1 Å². The first-order valence-electron chi connectivity index (χ1n) is 7.50. The first-order valence-corrected chi connectivity index (χ1v) is 7.50. The Bertz CT molecular complexity index is 583. The van der Waals surface area contributed by atoms with E-state index >= 15 is 0 Å². The van der Waals surface area contributed by atoms with E-state index in [1.165, 1.54) is 12.1 Å². The van der Waals surface area contributed by atoms with Crippen LogP contribution in [0.2, 0.25) is 0 Å². The summed E-state index contributed by atoms with van der Waals surface area (Å²) in [5.74, 6) is 0. The number of ether oxygens (including phenoxy) is 1. The number of non-ortho nitro benzene ring substituents is 1. The minimum Gasteiger partial charge on any atom is -0.449 e. The van der Waals surface area contributed by atoms with Gasteiger partial charge in [0, 0.05) is 24.9 Å². The summed E-state index contributed by atoms with van der Waals surface area (Å²) in [6, 6.07) is 6.49. The molecule has 0 saturated carbocycles. The Hall–Kier alpha value is -2.37. The van der Waals surface area contributed by atoms with Crippen LogP contribution in [0.5, 0.6) is 0 Å². The molecule has 0 N–H and O–H groups in total. The van der Waals surface area contributed by atoms with E-state index in [2.05, 4.69) is 0 Å². The van der Waals surface area contributed by atoms with Crippen LogP contribution in [0.25, 0.3) is 5.57 Å². The molecule has 0 aliphatic carbocycles. The molecule has 0 saturated heterocycles. The first kappa shape index (κ1) is 16.0. The average molecular weight is 304 g/mol. The summed E-state index contributed by atoms with van der Waals surface area (Å²) in [4.78, 5) is 24.0. The Morgan fingerprint density at radius 2 is 2.27 bits per heavy atom. The van der Waals surface area contributed by atoms with E-state index in [1.54, 1.807) is 17.2 Å². The molecule has 0 aromatic heterocycles. The number of hydrogen-bond acceptors (Lipinski definition) is 4. The first-order chi connectivity index (χ1) is 10.6. The van der Waals surface area contributed by atoms with Crippen molar-refractivity contribution < 1.29 is 14.5 Å². The van der Waals surface area contributed by atoms with Crippen molar-refractivity contribution in [2.24, 2.45) is 0 Å². The summed E-state index contributed by atoms with van der Waals surface area (Å²) in [6.07, 6.45) is 4.83. The molecule has 0 radical (unpaired) electrons. The van der Waals surface area contributed by atoms with Gasteiger partial charge in [0.05, 0.1) is 11.5 Å². The van der Waals surface area contributed by atoms with E-state index in [0.29, 0.717) is 13.2 Å². The number of benzene rings is 1. The summed E-state index contributed by atoms with van der Waals surface area (Å²) in [7, 11) is 0. The minimum absolute atomic E-state index is 0.0565. The Labute approximate surface area is 129 Å². The van der Waals surface area contributed by atoms with Gasteiger partial charge in [-0.25, -0.2) is 4.79 Å². The maximum absolute atomic E-state index is 12.0. The molecule has 2 rings (SSSR count). The maximum atomic E-state index is 12.0. The number of allylic oxidation sites excluding steroid dienone is 1. The van der Waals surface area contributed by atoms with Crippen molar-refractivity contribution in [3.05, 3.63) is 46.1 Å². The van der Waals surface area contributed by atoms with E-state index in [9.17, 15) is 14.9 Å². The third-order valence-corrected chi connectivity index (χ3v) is 3.54. The molecule has 0 fully saturated rings. The quantitative estimate of drug-likeness (QED) is 0.469. The molecule has 0 atom stereocenters. The number of nitro benzene ring substituents is 1. The van der Waals surface area contributed by atoms with Gasteiger partial charge in [-0.15, -0.1) is 0 Å². The van der Waals surface area contributed by atoms with Crippen molar-refractivity contribution in [1.82, 2.24) is 4.90 Å². The van der Waals surface area contributed by atoms with Gasteiger partial charge in [0.25, 0.3) is 5.69 Å². The highest BCUT2D eigenvalue weighted by Crippen LogP contribution is 2.27. The smallest absolute Gasteiger partial charge is 0.413 e.